The predicted molar refractivity (Wildman–Crippen MR) is 130 cm³/mol. The number of rotatable bonds is 13. The standard InChI is InChI=1S/C21H31ClN5O8P/c1-32-11-21(36(30)31,12-33-10-17(28)29)34-9-14-6-7-16(35-14)27-19-15(8-23-27)18(25-20(22)26-19)24-13-4-2-3-5-13/h8,13-14,16,30-31H,2-7,9-12H2,1H3,(H,28,29)(H,24,25,26)/t14?,16?,21-/m0/s1. The van der Waals surface area contributed by atoms with Gasteiger partial charge in [-0.1, -0.05) is 12.8 Å². The molecule has 3 heterocycles. The number of carbonyl (C=O) groups is 1. The fourth-order valence-corrected chi connectivity index (χ4v) is 5.35. The van der Waals surface area contributed by atoms with E-state index in [-0.39, 0.29) is 31.2 Å². The highest BCUT2D eigenvalue weighted by molar-refractivity contribution is 7.46. The Labute approximate surface area is 214 Å². The van der Waals surface area contributed by atoms with E-state index in [0.717, 1.165) is 18.2 Å². The smallest absolute Gasteiger partial charge is 0.329 e. The van der Waals surface area contributed by atoms with E-state index in [1.165, 1.54) is 20.0 Å². The van der Waals surface area contributed by atoms with Gasteiger partial charge in [0, 0.05) is 13.2 Å². The molecule has 2 aromatic heterocycles. The van der Waals surface area contributed by atoms with Gasteiger partial charge < -0.3 is 39.2 Å². The van der Waals surface area contributed by atoms with E-state index in [1.807, 2.05) is 0 Å². The molecular formula is C21H31ClN5O8P. The molecule has 1 saturated carbocycles. The highest BCUT2D eigenvalue weighted by Gasteiger charge is 2.42. The van der Waals surface area contributed by atoms with Crippen LogP contribution in [0.3, 0.4) is 0 Å². The van der Waals surface area contributed by atoms with E-state index in [1.54, 1.807) is 10.9 Å². The minimum absolute atomic E-state index is 0.0136. The van der Waals surface area contributed by atoms with E-state index in [9.17, 15) is 14.6 Å². The molecule has 13 nitrogen and oxygen atoms in total. The van der Waals surface area contributed by atoms with Crippen LogP contribution in [0.1, 0.15) is 44.8 Å². The maximum absolute atomic E-state index is 10.8. The molecule has 0 aromatic carbocycles. The summed E-state index contributed by atoms with van der Waals surface area (Å²) in [6, 6.07) is 0.349. The van der Waals surface area contributed by atoms with Crippen LogP contribution in [0.2, 0.25) is 5.28 Å². The first kappa shape index (κ1) is 27.3. The van der Waals surface area contributed by atoms with Crippen molar-refractivity contribution in [2.75, 3.05) is 38.9 Å². The van der Waals surface area contributed by atoms with Gasteiger partial charge in [-0.05, 0) is 37.3 Å². The van der Waals surface area contributed by atoms with Crippen molar-refractivity contribution in [3.63, 3.8) is 0 Å². The zero-order valence-corrected chi connectivity index (χ0v) is 21.5. The molecule has 1 aliphatic carbocycles. The number of carboxylic acid groups (broad SMARTS) is 1. The lowest BCUT2D eigenvalue weighted by Gasteiger charge is -2.34. The van der Waals surface area contributed by atoms with Crippen molar-refractivity contribution in [2.24, 2.45) is 0 Å². The van der Waals surface area contributed by atoms with Gasteiger partial charge in [-0.2, -0.15) is 15.1 Å². The number of nitrogens with one attached hydrogen (secondary N) is 1. The van der Waals surface area contributed by atoms with Crippen molar-refractivity contribution in [3.05, 3.63) is 11.5 Å². The third-order valence-electron chi connectivity index (χ3n) is 6.31. The summed E-state index contributed by atoms with van der Waals surface area (Å²) in [5.74, 6) is -0.522. The summed E-state index contributed by atoms with van der Waals surface area (Å²) in [5, 5.41) is 16.0. The van der Waals surface area contributed by atoms with Crippen LogP contribution in [-0.4, -0.2) is 91.6 Å². The molecule has 4 rings (SSSR count). The van der Waals surface area contributed by atoms with Crippen molar-refractivity contribution in [2.45, 2.75) is 62.2 Å². The van der Waals surface area contributed by atoms with Gasteiger partial charge in [-0.25, -0.2) is 9.48 Å². The second-order valence-corrected chi connectivity index (χ2v) is 10.7. The minimum Gasteiger partial charge on any atom is -0.480 e. The number of halogens is 1. The molecule has 1 saturated heterocycles. The van der Waals surface area contributed by atoms with Crippen molar-refractivity contribution < 1.29 is 38.6 Å². The monoisotopic (exact) mass is 547 g/mol. The van der Waals surface area contributed by atoms with Crippen LogP contribution in [-0.2, 0) is 23.7 Å². The summed E-state index contributed by atoms with van der Waals surface area (Å²) in [6.07, 6.45) is 6.67. The molecule has 2 unspecified atom stereocenters. The van der Waals surface area contributed by atoms with Gasteiger partial charge in [0.15, 0.2) is 17.2 Å². The number of hydrogen-bond acceptors (Lipinski definition) is 11. The van der Waals surface area contributed by atoms with Crippen LogP contribution in [0.5, 0.6) is 0 Å². The summed E-state index contributed by atoms with van der Waals surface area (Å²) >= 11 is 6.22. The molecule has 3 atom stereocenters. The van der Waals surface area contributed by atoms with Gasteiger partial charge in [-0.3, -0.25) is 0 Å². The number of ether oxygens (including phenoxy) is 4. The Balaban J connectivity index is 1.42. The molecule has 0 bridgehead atoms. The summed E-state index contributed by atoms with van der Waals surface area (Å²) in [4.78, 5) is 39.5. The second kappa shape index (κ2) is 12.2. The number of hydrogen-bond donors (Lipinski definition) is 4. The Morgan fingerprint density at radius 1 is 1.28 bits per heavy atom. The van der Waals surface area contributed by atoms with Gasteiger partial charge in [0.05, 0.1) is 37.5 Å². The molecular weight excluding hydrogens is 517 g/mol. The van der Waals surface area contributed by atoms with E-state index in [4.69, 9.17) is 35.7 Å². The average Bonchev–Trinajstić information content (AvgIpc) is 3.58. The number of nitrogens with zero attached hydrogens (tertiary/aromatic N) is 4. The van der Waals surface area contributed by atoms with E-state index < -0.39 is 32.5 Å². The Hall–Kier alpha value is -1.70. The Morgan fingerprint density at radius 2 is 2.06 bits per heavy atom. The van der Waals surface area contributed by atoms with Crippen molar-refractivity contribution in [3.8, 4) is 0 Å². The predicted octanol–water partition coefficient (Wildman–Crippen LogP) is 2.27. The lowest BCUT2D eigenvalue weighted by atomic mass is 10.2. The van der Waals surface area contributed by atoms with Crippen molar-refractivity contribution >= 4 is 42.8 Å². The van der Waals surface area contributed by atoms with Crippen LogP contribution in [0.25, 0.3) is 11.0 Å². The molecule has 2 fully saturated rings. The van der Waals surface area contributed by atoms with Crippen LogP contribution >= 0.6 is 20.0 Å². The molecule has 2 aliphatic rings. The first-order valence-electron chi connectivity index (χ1n) is 11.7. The Bertz CT molecular complexity index is 1040. The topological polar surface area (TPSA) is 170 Å². The third-order valence-corrected chi connectivity index (χ3v) is 7.59. The highest BCUT2D eigenvalue weighted by Crippen LogP contribution is 2.44. The number of carboxylic acids is 1. The lowest BCUT2D eigenvalue weighted by molar-refractivity contribution is -0.149. The fraction of sp³-hybridized carbons (Fsp3) is 0.714. The average molecular weight is 548 g/mol. The molecule has 15 heteroatoms. The lowest BCUT2D eigenvalue weighted by Crippen LogP contribution is -2.43. The molecule has 200 valence electrons. The van der Waals surface area contributed by atoms with Crippen molar-refractivity contribution in [1.82, 2.24) is 19.7 Å². The van der Waals surface area contributed by atoms with Crippen LogP contribution in [0.4, 0.5) is 5.82 Å². The summed E-state index contributed by atoms with van der Waals surface area (Å²) < 4.78 is 23.8. The largest absolute Gasteiger partial charge is 0.480 e. The van der Waals surface area contributed by atoms with Crippen LogP contribution in [0.15, 0.2) is 6.20 Å². The van der Waals surface area contributed by atoms with E-state index >= 15 is 0 Å². The van der Waals surface area contributed by atoms with Crippen molar-refractivity contribution in [1.29, 1.82) is 0 Å². The first-order chi connectivity index (χ1) is 17.3. The second-order valence-electron chi connectivity index (χ2n) is 8.95. The zero-order valence-electron chi connectivity index (χ0n) is 19.9. The SMILES string of the molecule is COC[C@](COCC(=O)O)(OCC1CCC(n2ncc3c(NC4CCCC4)nc(Cl)nc32)O1)P(O)O. The number of aromatic nitrogens is 4. The summed E-state index contributed by atoms with van der Waals surface area (Å²) in [7, 11) is -1.29. The van der Waals surface area contributed by atoms with Gasteiger partial charge in [0.2, 0.25) is 13.7 Å². The third kappa shape index (κ3) is 6.40. The molecule has 36 heavy (non-hydrogen) atoms. The van der Waals surface area contributed by atoms with Gasteiger partial charge in [0.25, 0.3) is 0 Å². The molecule has 0 radical (unpaired) electrons. The van der Waals surface area contributed by atoms with Crippen LogP contribution < -0.4 is 5.32 Å². The van der Waals surface area contributed by atoms with E-state index in [0.29, 0.717) is 30.3 Å². The maximum Gasteiger partial charge on any atom is 0.329 e. The number of aliphatic carboxylic acids is 1. The normalized spacial score (nSPS) is 22.5. The van der Waals surface area contributed by atoms with Gasteiger partial charge in [-0.15, -0.1) is 0 Å². The first-order valence-corrected chi connectivity index (χ1v) is 13.4. The van der Waals surface area contributed by atoms with Crippen LogP contribution in [0, 0.1) is 0 Å². The number of anilines is 1. The molecule has 0 spiro atoms. The Kier molecular flexibility index (Phi) is 9.29. The van der Waals surface area contributed by atoms with Gasteiger partial charge >= 0.3 is 5.97 Å². The van der Waals surface area contributed by atoms with E-state index in [2.05, 4.69) is 20.4 Å². The highest BCUT2D eigenvalue weighted by atomic mass is 35.5. The molecule has 1 aliphatic heterocycles. The number of fused-ring (bicyclic) bond motifs is 1. The van der Waals surface area contributed by atoms with Gasteiger partial charge in [0.1, 0.15) is 12.4 Å². The summed E-state index contributed by atoms with van der Waals surface area (Å²) in [6.45, 7) is -1.15. The quantitative estimate of drug-likeness (QED) is 0.213. The number of methoxy groups -OCH3 is 1. The minimum atomic E-state index is -2.67. The fourth-order valence-electron chi connectivity index (χ4n) is 4.54. The maximum atomic E-state index is 10.8. The Morgan fingerprint density at radius 3 is 2.75 bits per heavy atom. The zero-order chi connectivity index (χ0) is 25.7. The summed E-state index contributed by atoms with van der Waals surface area (Å²) in [5.41, 5.74) is 0.562. The molecule has 0 amide bonds. The molecule has 2 aromatic rings. The molecule has 4 N–H and O–H groups in total.